The molecule has 2 aliphatic rings. The maximum atomic E-state index is 10.5. The van der Waals surface area contributed by atoms with Gasteiger partial charge in [0, 0.05) is 23.4 Å². The number of ether oxygens (including phenoxy) is 2. The number of para-hydroxylation sites is 1. The fourth-order valence-corrected chi connectivity index (χ4v) is 6.11. The highest BCUT2D eigenvalue weighted by Gasteiger charge is 2.29. The van der Waals surface area contributed by atoms with Crippen LogP contribution in [-0.2, 0) is 22.7 Å². The fraction of sp³-hybridized carbons (Fsp3) is 0.559. The molecule has 3 heterocycles. The van der Waals surface area contributed by atoms with Gasteiger partial charge >= 0.3 is 12.4 Å². The number of quaternary nitrogens is 2. The van der Waals surface area contributed by atoms with Crippen molar-refractivity contribution in [2.45, 2.75) is 76.9 Å². The highest BCUT2D eigenvalue weighted by atomic mass is 35.5. The lowest BCUT2D eigenvalue weighted by Gasteiger charge is -2.20. The molecule has 10 nitrogen and oxygen atoms in total. The number of hydrogen-bond donors (Lipinski definition) is 2. The minimum atomic E-state index is -5.19. The number of carbonyl (C=O) groups is 2. The molecule has 0 spiro atoms. The average molecular weight is 753 g/mol. The van der Waals surface area contributed by atoms with Crippen molar-refractivity contribution in [1.29, 1.82) is 0 Å². The number of carboxylic acids is 2. The Bertz CT molecular complexity index is 1480. The summed E-state index contributed by atoms with van der Waals surface area (Å²) in [5.41, 5.74) is 2.10. The summed E-state index contributed by atoms with van der Waals surface area (Å²) in [6.07, 6.45) is -0.193. The van der Waals surface area contributed by atoms with E-state index in [2.05, 4.69) is 33.4 Å². The van der Waals surface area contributed by atoms with Gasteiger partial charge in [0.1, 0.15) is 41.4 Å². The number of rotatable bonds is 12. The summed E-state index contributed by atoms with van der Waals surface area (Å²) in [4.78, 5) is 22.6. The van der Waals surface area contributed by atoms with Gasteiger partial charge < -0.3 is 44.5 Å². The number of alkyl halides is 6. The lowest BCUT2D eigenvalue weighted by molar-refractivity contribution is -0.669. The van der Waals surface area contributed by atoms with E-state index >= 15 is 0 Å². The molecule has 0 radical (unpaired) electrons. The maximum absolute atomic E-state index is 10.5. The van der Waals surface area contributed by atoms with Gasteiger partial charge in [-0.3, -0.25) is 0 Å². The summed E-state index contributed by atoms with van der Waals surface area (Å²) >= 11 is 6.05. The van der Waals surface area contributed by atoms with Gasteiger partial charge in [0.05, 0.1) is 38.3 Å². The van der Waals surface area contributed by atoms with Gasteiger partial charge in [-0.2, -0.15) is 26.3 Å². The number of piperidine rings is 2. The lowest BCUT2D eigenvalue weighted by atomic mass is 9.95. The average Bonchev–Trinajstić information content (AvgIpc) is 3.45. The highest BCUT2D eigenvalue weighted by Crippen LogP contribution is 2.29. The van der Waals surface area contributed by atoms with Gasteiger partial charge in [-0.05, 0) is 87.8 Å². The number of nitrogens with two attached hydrogens (primary N) is 2. The third kappa shape index (κ3) is 14.8. The number of halogens is 7. The zero-order chi connectivity index (χ0) is 37.4. The topological polar surface area (TPSA) is 150 Å². The number of carbonyl (C=O) groups excluding carboxylic acids is 2. The molecule has 284 valence electrons. The van der Waals surface area contributed by atoms with Crippen LogP contribution in [0.2, 0.25) is 5.02 Å². The number of nitrogens with zero attached hydrogens (tertiary/aromatic N) is 2. The summed E-state index contributed by atoms with van der Waals surface area (Å²) < 4.78 is 77.9. The number of imidazole rings is 1. The number of fused-ring (bicyclic) bond motifs is 1. The van der Waals surface area contributed by atoms with E-state index in [1.54, 1.807) is 0 Å². The largest absolute Gasteiger partial charge is 0.542 e. The third-order valence-electron chi connectivity index (χ3n) is 8.52. The molecule has 5 rings (SSSR count). The zero-order valence-corrected chi connectivity index (χ0v) is 28.7. The van der Waals surface area contributed by atoms with Crippen LogP contribution in [0.25, 0.3) is 11.0 Å². The molecule has 2 fully saturated rings. The second kappa shape index (κ2) is 20.3. The molecule has 17 heteroatoms. The van der Waals surface area contributed by atoms with Crippen LogP contribution in [0, 0.1) is 11.8 Å². The van der Waals surface area contributed by atoms with Crippen LogP contribution in [-0.4, -0.2) is 66.6 Å². The summed E-state index contributed by atoms with van der Waals surface area (Å²) in [6, 6.07) is 13.9. The Morgan fingerprint density at radius 1 is 0.843 bits per heavy atom. The van der Waals surface area contributed by atoms with Crippen molar-refractivity contribution in [2.24, 2.45) is 11.8 Å². The molecule has 2 saturated heterocycles. The van der Waals surface area contributed by atoms with E-state index in [9.17, 15) is 26.3 Å². The zero-order valence-electron chi connectivity index (χ0n) is 27.9. The standard InChI is InChI=1S/C30H41ClN4O2.2C2HF3O2/c31-25-12-14-26(15-13-25)37-22-29-34-30-27(35(29)18-4-8-23-6-2-16-32-20-23)10-1-11-28(30)36-19-5-9-24-7-3-17-33-21-24;2*3-2(4,5)1(6)7/h1,10-15,23-24,32-33H,2-9,16-22H2;2*(H,6,7)/t23-,24-;;/m0../s1. The predicted molar refractivity (Wildman–Crippen MR) is 170 cm³/mol. The molecule has 2 aliphatic heterocycles. The molecule has 0 bridgehead atoms. The molecule has 51 heavy (non-hydrogen) atoms. The van der Waals surface area contributed by atoms with Crippen LogP contribution in [0.15, 0.2) is 42.5 Å². The van der Waals surface area contributed by atoms with Gasteiger partial charge in [0.25, 0.3) is 0 Å². The Balaban J connectivity index is 0.000000424. The van der Waals surface area contributed by atoms with E-state index in [1.165, 1.54) is 64.7 Å². The summed E-state index contributed by atoms with van der Waals surface area (Å²) in [7, 11) is 0. The number of aryl methyl sites for hydroxylation is 1. The minimum absolute atomic E-state index is 0.422. The van der Waals surface area contributed by atoms with Crippen molar-refractivity contribution in [3.63, 3.8) is 0 Å². The first kappa shape index (κ1) is 41.7. The van der Waals surface area contributed by atoms with E-state index < -0.39 is 24.3 Å². The van der Waals surface area contributed by atoms with Gasteiger partial charge in [-0.25, -0.2) is 4.98 Å². The first-order chi connectivity index (χ1) is 24.1. The quantitative estimate of drug-likeness (QED) is 0.214. The summed E-state index contributed by atoms with van der Waals surface area (Å²) in [6.45, 7) is 7.25. The number of hydrogen-bond acceptors (Lipinski definition) is 7. The van der Waals surface area contributed by atoms with Crippen LogP contribution in [0.4, 0.5) is 26.3 Å². The number of aliphatic carboxylic acids is 2. The Labute approximate surface area is 296 Å². The van der Waals surface area contributed by atoms with E-state index in [1.807, 2.05) is 24.3 Å². The van der Waals surface area contributed by atoms with E-state index in [0.29, 0.717) is 11.6 Å². The van der Waals surface area contributed by atoms with Crippen LogP contribution in [0.5, 0.6) is 11.5 Å². The molecule has 0 aliphatic carbocycles. The Hall–Kier alpha value is -3.76. The van der Waals surface area contributed by atoms with Crippen molar-refractivity contribution in [3.8, 4) is 11.5 Å². The predicted octanol–water partition coefficient (Wildman–Crippen LogP) is 2.75. The second-order valence-electron chi connectivity index (χ2n) is 12.4. The molecule has 0 unspecified atom stereocenters. The molecular weight excluding hydrogens is 710 g/mol. The molecule has 1 aromatic heterocycles. The van der Waals surface area contributed by atoms with Crippen LogP contribution < -0.4 is 30.3 Å². The van der Waals surface area contributed by atoms with Crippen molar-refractivity contribution in [1.82, 2.24) is 9.55 Å². The van der Waals surface area contributed by atoms with Crippen molar-refractivity contribution in [2.75, 3.05) is 32.8 Å². The SMILES string of the molecule is Clc1ccc(OCc2nc3c(OCCC[C@@H]4CCC[NH2+]C4)cccc3n2CCC[C@@H]2CCC[NH2+]C2)cc1.O=C([O-])C(F)(F)F.O=C([O-])C(F)(F)F. The van der Waals surface area contributed by atoms with Crippen LogP contribution in [0.3, 0.4) is 0 Å². The first-order valence-corrected chi connectivity index (χ1v) is 17.2. The molecule has 4 N–H and O–H groups in total. The number of aromatic nitrogens is 2. The van der Waals surface area contributed by atoms with Crippen LogP contribution in [0.1, 0.15) is 57.2 Å². The Kier molecular flexibility index (Phi) is 16.6. The Morgan fingerprint density at radius 3 is 1.90 bits per heavy atom. The van der Waals surface area contributed by atoms with Crippen LogP contribution >= 0.6 is 11.6 Å². The van der Waals surface area contributed by atoms with Crippen molar-refractivity contribution in [3.05, 3.63) is 53.3 Å². The van der Waals surface area contributed by atoms with E-state index in [4.69, 9.17) is 45.9 Å². The molecule has 2 aromatic carbocycles. The first-order valence-electron chi connectivity index (χ1n) is 16.8. The van der Waals surface area contributed by atoms with E-state index in [-0.39, 0.29) is 0 Å². The number of benzene rings is 2. The van der Waals surface area contributed by atoms with Crippen molar-refractivity contribution < 1.29 is 66.3 Å². The number of carboxylic acid groups (broad SMARTS) is 2. The third-order valence-corrected chi connectivity index (χ3v) is 8.77. The lowest BCUT2D eigenvalue weighted by Crippen LogP contribution is -2.87. The van der Waals surface area contributed by atoms with Gasteiger partial charge in [0.2, 0.25) is 0 Å². The summed E-state index contributed by atoms with van der Waals surface area (Å²) in [5.74, 6) is -1.70. The fourth-order valence-electron chi connectivity index (χ4n) is 5.99. The molecule has 0 amide bonds. The van der Waals surface area contributed by atoms with Gasteiger partial charge in [-0.15, -0.1) is 0 Å². The maximum Gasteiger partial charge on any atom is 0.430 e. The molecule has 0 saturated carbocycles. The second-order valence-corrected chi connectivity index (χ2v) is 12.8. The van der Waals surface area contributed by atoms with Gasteiger partial charge in [-0.1, -0.05) is 17.7 Å². The summed E-state index contributed by atoms with van der Waals surface area (Å²) in [5, 5.41) is 23.2. The van der Waals surface area contributed by atoms with Crippen molar-refractivity contribution >= 4 is 34.6 Å². The monoisotopic (exact) mass is 752 g/mol. The molecule has 2 atom stereocenters. The molecule has 3 aromatic rings. The highest BCUT2D eigenvalue weighted by molar-refractivity contribution is 6.30. The van der Waals surface area contributed by atoms with Gasteiger partial charge in [0.15, 0.2) is 0 Å². The minimum Gasteiger partial charge on any atom is -0.542 e. The smallest absolute Gasteiger partial charge is 0.430 e. The van der Waals surface area contributed by atoms with E-state index in [0.717, 1.165) is 66.2 Å². The Morgan fingerprint density at radius 2 is 1.39 bits per heavy atom. The normalized spacial score (nSPS) is 17.8. The molecular formula is C34H43ClF6N4O6.